The molecule has 0 bridgehead atoms. The number of aryl methyl sites for hydroxylation is 1. The summed E-state index contributed by atoms with van der Waals surface area (Å²) in [5, 5.41) is 11.5. The Morgan fingerprint density at radius 2 is 2.13 bits per heavy atom. The molecule has 2 aromatic rings. The van der Waals surface area contributed by atoms with E-state index in [9.17, 15) is 9.59 Å². The average Bonchev–Trinajstić information content (AvgIpc) is 3.01. The normalized spacial score (nSPS) is 11.7. The van der Waals surface area contributed by atoms with Crippen molar-refractivity contribution in [2.45, 2.75) is 26.4 Å². The molecule has 0 fully saturated rings. The second kappa shape index (κ2) is 7.49. The summed E-state index contributed by atoms with van der Waals surface area (Å²) in [7, 11) is 0. The standard InChI is InChI=1S/C17H19NO5/c1-3-13(23-14-6-4-5-11(2)7-14)9-18-16(19)15-8-12(10-22-15)17(20)21/h4-8,10,13H,3,9H2,1-2H3,(H,18,19)(H,20,21). The van der Waals surface area contributed by atoms with Crippen LogP contribution in [0.4, 0.5) is 0 Å². The fraction of sp³-hybridized carbons (Fsp3) is 0.294. The first-order chi connectivity index (χ1) is 11.0. The largest absolute Gasteiger partial charge is 0.489 e. The van der Waals surface area contributed by atoms with E-state index < -0.39 is 11.9 Å². The summed E-state index contributed by atoms with van der Waals surface area (Å²) in [5.74, 6) is -0.893. The molecule has 6 nitrogen and oxygen atoms in total. The lowest BCUT2D eigenvalue weighted by Gasteiger charge is -2.18. The highest BCUT2D eigenvalue weighted by atomic mass is 16.5. The summed E-state index contributed by atoms with van der Waals surface area (Å²) in [6.07, 6.45) is 1.57. The van der Waals surface area contributed by atoms with Gasteiger partial charge in [0.2, 0.25) is 0 Å². The number of carboxylic acid groups (broad SMARTS) is 1. The van der Waals surface area contributed by atoms with Gasteiger partial charge in [0.15, 0.2) is 5.76 Å². The Morgan fingerprint density at radius 3 is 2.74 bits per heavy atom. The Morgan fingerprint density at radius 1 is 1.35 bits per heavy atom. The molecule has 1 amide bonds. The number of carbonyl (C=O) groups is 2. The summed E-state index contributed by atoms with van der Waals surface area (Å²) >= 11 is 0. The van der Waals surface area contributed by atoms with E-state index in [1.165, 1.54) is 6.07 Å². The number of benzene rings is 1. The molecule has 2 N–H and O–H groups in total. The highest BCUT2D eigenvalue weighted by molar-refractivity contribution is 5.95. The van der Waals surface area contributed by atoms with Crippen molar-refractivity contribution in [2.75, 3.05) is 6.54 Å². The van der Waals surface area contributed by atoms with Crippen LogP contribution in [-0.4, -0.2) is 29.6 Å². The number of furan rings is 1. The van der Waals surface area contributed by atoms with Crippen LogP contribution in [-0.2, 0) is 0 Å². The fourth-order valence-corrected chi connectivity index (χ4v) is 2.01. The number of carbonyl (C=O) groups excluding carboxylic acids is 1. The zero-order valence-electron chi connectivity index (χ0n) is 13.0. The SMILES string of the molecule is CCC(CNC(=O)c1cc(C(=O)O)co1)Oc1cccc(C)c1. The molecule has 0 saturated carbocycles. The molecule has 1 aromatic heterocycles. The summed E-state index contributed by atoms with van der Waals surface area (Å²) < 4.78 is 10.8. The van der Waals surface area contributed by atoms with Crippen LogP contribution in [0.5, 0.6) is 5.75 Å². The van der Waals surface area contributed by atoms with Gasteiger partial charge in [0.1, 0.15) is 18.1 Å². The molecule has 1 unspecified atom stereocenters. The van der Waals surface area contributed by atoms with Crippen molar-refractivity contribution < 1.29 is 23.8 Å². The topological polar surface area (TPSA) is 88.8 Å². The second-order valence-electron chi connectivity index (χ2n) is 5.18. The first-order valence-corrected chi connectivity index (χ1v) is 7.33. The number of hydrogen-bond acceptors (Lipinski definition) is 4. The van der Waals surface area contributed by atoms with E-state index >= 15 is 0 Å². The van der Waals surface area contributed by atoms with Crippen LogP contribution in [0.25, 0.3) is 0 Å². The molecule has 6 heteroatoms. The lowest BCUT2D eigenvalue weighted by molar-refractivity contribution is 0.0696. The van der Waals surface area contributed by atoms with Crippen LogP contribution in [0.1, 0.15) is 39.8 Å². The third-order valence-corrected chi connectivity index (χ3v) is 3.31. The van der Waals surface area contributed by atoms with Gasteiger partial charge < -0.3 is 19.6 Å². The Balaban J connectivity index is 1.91. The van der Waals surface area contributed by atoms with E-state index in [-0.39, 0.29) is 17.4 Å². The van der Waals surface area contributed by atoms with E-state index in [4.69, 9.17) is 14.3 Å². The first kappa shape index (κ1) is 16.6. The molecule has 0 aliphatic carbocycles. The van der Waals surface area contributed by atoms with Gasteiger partial charge in [-0.2, -0.15) is 0 Å². The van der Waals surface area contributed by atoms with Gasteiger partial charge in [0.05, 0.1) is 12.1 Å². The van der Waals surface area contributed by atoms with E-state index in [2.05, 4.69) is 5.32 Å². The number of ether oxygens (including phenoxy) is 1. The molecule has 23 heavy (non-hydrogen) atoms. The van der Waals surface area contributed by atoms with Crippen molar-refractivity contribution in [1.29, 1.82) is 0 Å². The number of nitrogens with one attached hydrogen (secondary N) is 1. The summed E-state index contributed by atoms with van der Waals surface area (Å²) in [6.45, 7) is 4.24. The quantitative estimate of drug-likeness (QED) is 0.819. The second-order valence-corrected chi connectivity index (χ2v) is 5.18. The van der Waals surface area contributed by atoms with Gasteiger partial charge in [-0.15, -0.1) is 0 Å². The lowest BCUT2D eigenvalue weighted by atomic mass is 10.2. The summed E-state index contributed by atoms with van der Waals surface area (Å²) in [6, 6.07) is 8.87. The fourth-order valence-electron chi connectivity index (χ4n) is 2.01. The zero-order chi connectivity index (χ0) is 16.8. The van der Waals surface area contributed by atoms with E-state index in [0.717, 1.165) is 17.6 Å². The molecule has 0 aliphatic rings. The van der Waals surface area contributed by atoms with Gasteiger partial charge >= 0.3 is 5.97 Å². The van der Waals surface area contributed by atoms with Gasteiger partial charge in [-0.05, 0) is 31.0 Å². The Labute approximate surface area is 134 Å². The molecule has 1 atom stereocenters. The van der Waals surface area contributed by atoms with E-state index in [0.29, 0.717) is 13.0 Å². The van der Waals surface area contributed by atoms with Crippen LogP contribution < -0.4 is 10.1 Å². The number of aromatic carboxylic acids is 1. The Kier molecular flexibility index (Phi) is 5.41. The molecule has 1 aromatic carbocycles. The van der Waals surface area contributed by atoms with Crippen LogP contribution >= 0.6 is 0 Å². The molecular formula is C17H19NO5. The predicted molar refractivity (Wildman–Crippen MR) is 83.9 cm³/mol. The zero-order valence-corrected chi connectivity index (χ0v) is 13.0. The van der Waals surface area contributed by atoms with Gasteiger partial charge in [-0.1, -0.05) is 19.1 Å². The number of carboxylic acids is 1. The highest BCUT2D eigenvalue weighted by Gasteiger charge is 2.16. The Hall–Kier alpha value is -2.76. The minimum Gasteiger partial charge on any atom is -0.489 e. The summed E-state index contributed by atoms with van der Waals surface area (Å²) in [4.78, 5) is 22.7. The molecule has 2 rings (SSSR count). The molecule has 122 valence electrons. The smallest absolute Gasteiger partial charge is 0.338 e. The molecule has 1 heterocycles. The molecule has 0 radical (unpaired) electrons. The number of rotatable bonds is 7. The third kappa shape index (κ3) is 4.60. The molecular weight excluding hydrogens is 298 g/mol. The Bertz CT molecular complexity index is 692. The van der Waals surface area contributed by atoms with Crippen molar-refractivity contribution >= 4 is 11.9 Å². The maximum absolute atomic E-state index is 12.0. The van der Waals surface area contributed by atoms with Crippen molar-refractivity contribution in [2.24, 2.45) is 0 Å². The maximum atomic E-state index is 12.0. The van der Waals surface area contributed by atoms with Gasteiger partial charge in [0.25, 0.3) is 5.91 Å². The number of amides is 1. The first-order valence-electron chi connectivity index (χ1n) is 7.33. The van der Waals surface area contributed by atoms with Crippen molar-refractivity contribution in [1.82, 2.24) is 5.32 Å². The predicted octanol–water partition coefficient (Wildman–Crippen LogP) is 2.87. The van der Waals surface area contributed by atoms with Gasteiger partial charge in [-0.25, -0.2) is 4.79 Å². The molecule has 0 aliphatic heterocycles. The van der Waals surface area contributed by atoms with Crippen molar-refractivity contribution in [3.63, 3.8) is 0 Å². The van der Waals surface area contributed by atoms with Gasteiger partial charge in [0, 0.05) is 6.07 Å². The van der Waals surface area contributed by atoms with E-state index in [1.54, 1.807) is 0 Å². The summed E-state index contributed by atoms with van der Waals surface area (Å²) in [5.41, 5.74) is 1.04. The van der Waals surface area contributed by atoms with Crippen LogP contribution in [0.2, 0.25) is 0 Å². The maximum Gasteiger partial charge on any atom is 0.338 e. The van der Waals surface area contributed by atoms with Crippen LogP contribution in [0.3, 0.4) is 0 Å². The monoisotopic (exact) mass is 317 g/mol. The minimum absolute atomic E-state index is 0.0344. The van der Waals surface area contributed by atoms with Crippen LogP contribution in [0, 0.1) is 6.92 Å². The van der Waals surface area contributed by atoms with Crippen molar-refractivity contribution in [3.8, 4) is 5.75 Å². The van der Waals surface area contributed by atoms with Crippen molar-refractivity contribution in [3.05, 3.63) is 53.5 Å². The van der Waals surface area contributed by atoms with E-state index in [1.807, 2.05) is 38.1 Å². The van der Waals surface area contributed by atoms with Crippen LogP contribution in [0.15, 0.2) is 41.0 Å². The minimum atomic E-state index is -1.14. The molecule has 0 saturated heterocycles. The van der Waals surface area contributed by atoms with Gasteiger partial charge in [-0.3, -0.25) is 4.79 Å². The third-order valence-electron chi connectivity index (χ3n) is 3.31. The lowest BCUT2D eigenvalue weighted by Crippen LogP contribution is -2.34. The average molecular weight is 317 g/mol. The number of hydrogen-bond donors (Lipinski definition) is 2. The molecule has 0 spiro atoms. The highest BCUT2D eigenvalue weighted by Crippen LogP contribution is 2.15.